The van der Waals surface area contributed by atoms with Gasteiger partial charge in [-0.05, 0) is 37.4 Å². The fraction of sp³-hybridized carbons (Fsp3) is 0.524. The fourth-order valence-electron chi connectivity index (χ4n) is 3.27. The number of carbonyl (C=O) groups excluding carboxylic acids is 2. The number of hydrogen-bond donors (Lipinski definition) is 1. The lowest BCUT2D eigenvalue weighted by Crippen LogP contribution is -2.45. The van der Waals surface area contributed by atoms with Crippen LogP contribution in [0.15, 0.2) is 36.4 Å². The Hall–Kier alpha value is -2.14. The summed E-state index contributed by atoms with van der Waals surface area (Å²) >= 11 is 0. The number of piperidine rings is 1. The quantitative estimate of drug-likeness (QED) is 0.777. The van der Waals surface area contributed by atoms with Crippen molar-refractivity contribution in [2.45, 2.75) is 26.7 Å². The molecule has 2 rings (SSSR count). The molecule has 0 aliphatic carbocycles. The van der Waals surface area contributed by atoms with Gasteiger partial charge < -0.3 is 10.6 Å². The van der Waals surface area contributed by atoms with Gasteiger partial charge in [0.15, 0.2) is 0 Å². The van der Waals surface area contributed by atoms with Gasteiger partial charge in [0.2, 0.25) is 11.8 Å². The highest BCUT2D eigenvalue weighted by Gasteiger charge is 2.25. The van der Waals surface area contributed by atoms with E-state index in [-0.39, 0.29) is 17.7 Å². The third kappa shape index (κ3) is 6.64. The molecule has 1 aromatic carbocycles. The van der Waals surface area contributed by atoms with Gasteiger partial charge >= 0.3 is 0 Å². The van der Waals surface area contributed by atoms with Crippen molar-refractivity contribution in [2.75, 3.05) is 32.7 Å². The lowest BCUT2D eigenvalue weighted by molar-refractivity contribution is -0.133. The summed E-state index contributed by atoms with van der Waals surface area (Å²) in [4.78, 5) is 28.1. The smallest absolute Gasteiger partial charge is 0.237 e. The zero-order valence-corrected chi connectivity index (χ0v) is 15.9. The molecule has 5 nitrogen and oxygen atoms in total. The molecule has 1 heterocycles. The van der Waals surface area contributed by atoms with Crippen LogP contribution in [0, 0.1) is 11.8 Å². The average Bonchev–Trinajstić information content (AvgIpc) is 2.62. The van der Waals surface area contributed by atoms with Crippen LogP contribution in [0.25, 0.3) is 6.08 Å². The van der Waals surface area contributed by atoms with Gasteiger partial charge in [0.25, 0.3) is 0 Å². The van der Waals surface area contributed by atoms with Crippen molar-refractivity contribution in [2.24, 2.45) is 17.6 Å². The van der Waals surface area contributed by atoms with Crippen molar-refractivity contribution in [3.63, 3.8) is 0 Å². The molecule has 0 unspecified atom stereocenters. The fourth-order valence-corrected chi connectivity index (χ4v) is 3.27. The first-order chi connectivity index (χ1) is 12.5. The molecule has 0 spiro atoms. The molecule has 0 radical (unpaired) electrons. The van der Waals surface area contributed by atoms with Crippen molar-refractivity contribution >= 4 is 17.9 Å². The van der Waals surface area contributed by atoms with Crippen LogP contribution in [-0.2, 0) is 9.59 Å². The normalized spacial score (nSPS) is 16.3. The average molecular weight is 357 g/mol. The maximum Gasteiger partial charge on any atom is 0.237 e. The van der Waals surface area contributed by atoms with Crippen molar-refractivity contribution in [3.8, 4) is 0 Å². The zero-order chi connectivity index (χ0) is 18.9. The molecular weight excluding hydrogens is 326 g/mol. The van der Waals surface area contributed by atoms with Gasteiger partial charge in [-0.15, -0.1) is 0 Å². The first kappa shape index (κ1) is 20.2. The summed E-state index contributed by atoms with van der Waals surface area (Å²) in [6, 6.07) is 10.1. The molecule has 26 heavy (non-hydrogen) atoms. The lowest BCUT2D eigenvalue weighted by atomic mass is 9.96. The van der Waals surface area contributed by atoms with E-state index in [1.54, 1.807) is 0 Å². The predicted octanol–water partition coefficient (Wildman–Crippen LogP) is 2.38. The Morgan fingerprint density at radius 1 is 1.23 bits per heavy atom. The molecule has 1 aliphatic heterocycles. The Labute approximate surface area is 156 Å². The second kappa shape index (κ2) is 10.1. The number of rotatable bonds is 8. The minimum absolute atomic E-state index is 0.0399. The van der Waals surface area contributed by atoms with Gasteiger partial charge in [-0.3, -0.25) is 14.5 Å². The number of nitrogens with zero attached hydrogens (tertiary/aromatic N) is 2. The van der Waals surface area contributed by atoms with Crippen molar-refractivity contribution < 1.29 is 9.59 Å². The molecule has 1 fully saturated rings. The van der Waals surface area contributed by atoms with Crippen LogP contribution in [0.3, 0.4) is 0 Å². The number of primary amides is 1. The molecule has 142 valence electrons. The summed E-state index contributed by atoms with van der Waals surface area (Å²) in [5.41, 5.74) is 6.52. The number of carbonyl (C=O) groups is 2. The van der Waals surface area contributed by atoms with Gasteiger partial charge in [-0.25, -0.2) is 0 Å². The van der Waals surface area contributed by atoms with E-state index in [2.05, 4.69) is 30.9 Å². The van der Waals surface area contributed by atoms with Gasteiger partial charge in [-0.2, -0.15) is 0 Å². The molecular formula is C21H31N3O2. The number of amides is 2. The van der Waals surface area contributed by atoms with E-state index in [1.165, 1.54) is 0 Å². The van der Waals surface area contributed by atoms with Crippen molar-refractivity contribution in [1.29, 1.82) is 0 Å². The van der Waals surface area contributed by atoms with E-state index >= 15 is 0 Å². The molecule has 1 saturated heterocycles. The maximum absolute atomic E-state index is 12.8. The van der Waals surface area contributed by atoms with Gasteiger partial charge in [0, 0.05) is 19.0 Å². The largest absolute Gasteiger partial charge is 0.369 e. The van der Waals surface area contributed by atoms with Crippen LogP contribution >= 0.6 is 0 Å². The van der Waals surface area contributed by atoms with Gasteiger partial charge in [0.05, 0.1) is 6.54 Å². The SMILES string of the molecule is CC(C)CN(CC=Cc1ccccc1)C(=O)CN1CCC(C(N)=O)CC1. The molecule has 1 aliphatic rings. The van der Waals surface area contributed by atoms with Crippen LogP contribution < -0.4 is 5.73 Å². The minimum atomic E-state index is -0.219. The highest BCUT2D eigenvalue weighted by molar-refractivity contribution is 5.79. The monoisotopic (exact) mass is 357 g/mol. The minimum Gasteiger partial charge on any atom is -0.369 e. The van der Waals surface area contributed by atoms with E-state index in [9.17, 15) is 9.59 Å². The molecule has 2 amide bonds. The maximum atomic E-state index is 12.8. The molecule has 1 aromatic rings. The number of hydrogen-bond acceptors (Lipinski definition) is 3. The summed E-state index contributed by atoms with van der Waals surface area (Å²) in [5, 5.41) is 0. The van der Waals surface area contributed by atoms with E-state index in [4.69, 9.17) is 5.73 Å². The summed E-state index contributed by atoms with van der Waals surface area (Å²) in [6.07, 6.45) is 5.61. The molecule has 2 N–H and O–H groups in total. The topological polar surface area (TPSA) is 66.6 Å². The number of likely N-dealkylation sites (tertiary alicyclic amines) is 1. The van der Waals surface area contributed by atoms with Crippen LogP contribution in [0.2, 0.25) is 0 Å². The number of benzene rings is 1. The molecule has 0 aromatic heterocycles. The Bertz CT molecular complexity index is 605. The predicted molar refractivity (Wildman–Crippen MR) is 105 cm³/mol. The van der Waals surface area contributed by atoms with E-state index < -0.39 is 0 Å². The van der Waals surface area contributed by atoms with Crippen LogP contribution in [-0.4, -0.2) is 54.3 Å². The van der Waals surface area contributed by atoms with Gasteiger partial charge in [-0.1, -0.05) is 56.3 Å². The highest BCUT2D eigenvalue weighted by Crippen LogP contribution is 2.16. The van der Waals surface area contributed by atoms with E-state index in [1.807, 2.05) is 35.2 Å². The van der Waals surface area contributed by atoms with E-state index in [0.717, 1.165) is 38.0 Å². The Kier molecular flexibility index (Phi) is 7.85. The van der Waals surface area contributed by atoms with Crippen LogP contribution in [0.1, 0.15) is 32.3 Å². The second-order valence-electron chi connectivity index (χ2n) is 7.46. The third-order valence-electron chi connectivity index (χ3n) is 4.72. The standard InChI is InChI=1S/C21H31N3O2/c1-17(2)15-24(12-6-9-18-7-4-3-5-8-18)20(25)16-23-13-10-19(11-14-23)21(22)26/h3-9,17,19H,10-16H2,1-2H3,(H2,22,26). The first-order valence-electron chi connectivity index (χ1n) is 9.46. The lowest BCUT2D eigenvalue weighted by Gasteiger charge is -2.32. The summed E-state index contributed by atoms with van der Waals surface area (Å²) in [6.45, 7) is 7.54. The first-order valence-corrected chi connectivity index (χ1v) is 9.46. The van der Waals surface area contributed by atoms with Crippen LogP contribution in [0.4, 0.5) is 0 Å². The van der Waals surface area contributed by atoms with Gasteiger partial charge in [0.1, 0.15) is 0 Å². The second-order valence-corrected chi connectivity index (χ2v) is 7.46. The molecule has 0 atom stereocenters. The third-order valence-corrected chi connectivity index (χ3v) is 4.72. The number of nitrogens with two attached hydrogens (primary N) is 1. The summed E-state index contributed by atoms with van der Waals surface area (Å²) in [7, 11) is 0. The highest BCUT2D eigenvalue weighted by atomic mass is 16.2. The molecule has 0 bridgehead atoms. The Balaban J connectivity index is 1.88. The molecule has 0 saturated carbocycles. The van der Waals surface area contributed by atoms with Crippen LogP contribution in [0.5, 0.6) is 0 Å². The van der Waals surface area contributed by atoms with E-state index in [0.29, 0.717) is 19.0 Å². The van der Waals surface area contributed by atoms with Crippen molar-refractivity contribution in [1.82, 2.24) is 9.80 Å². The Morgan fingerprint density at radius 3 is 2.46 bits per heavy atom. The summed E-state index contributed by atoms with van der Waals surface area (Å²) < 4.78 is 0. The van der Waals surface area contributed by atoms with Crippen molar-refractivity contribution in [3.05, 3.63) is 42.0 Å². The summed E-state index contributed by atoms with van der Waals surface area (Å²) in [5.74, 6) is 0.309. The zero-order valence-electron chi connectivity index (χ0n) is 15.9. The Morgan fingerprint density at radius 2 is 1.88 bits per heavy atom. The molecule has 5 heteroatoms.